The lowest BCUT2D eigenvalue weighted by atomic mass is 10.2. The minimum Gasteiger partial charge on any atom is -0.497 e. The highest BCUT2D eigenvalue weighted by Gasteiger charge is 2.32. The Bertz CT molecular complexity index is 1030. The molecule has 0 aliphatic carbocycles. The van der Waals surface area contributed by atoms with E-state index >= 15 is 0 Å². The molecule has 0 saturated carbocycles. The van der Waals surface area contributed by atoms with E-state index in [0.717, 1.165) is 17.0 Å². The summed E-state index contributed by atoms with van der Waals surface area (Å²) in [5, 5.41) is 2.96. The average molecular weight is 364 g/mol. The number of hydrogen-bond donors (Lipinski definition) is 1. The van der Waals surface area contributed by atoms with Crippen LogP contribution in [-0.2, 0) is 4.79 Å². The van der Waals surface area contributed by atoms with Gasteiger partial charge < -0.3 is 19.4 Å². The second-order valence-corrected chi connectivity index (χ2v) is 6.65. The Balaban J connectivity index is 1.47. The molecule has 7 nitrogen and oxygen atoms in total. The minimum atomic E-state index is -0.239. The number of amides is 2. The molecule has 138 valence electrons. The van der Waals surface area contributed by atoms with E-state index in [0.29, 0.717) is 17.9 Å². The number of anilines is 1. The van der Waals surface area contributed by atoms with E-state index in [1.165, 1.54) is 0 Å². The summed E-state index contributed by atoms with van der Waals surface area (Å²) >= 11 is 0. The Kier molecular flexibility index (Phi) is 4.27. The van der Waals surface area contributed by atoms with Gasteiger partial charge in [-0.3, -0.25) is 9.59 Å². The van der Waals surface area contributed by atoms with Crippen molar-refractivity contribution in [2.45, 2.75) is 19.4 Å². The SMILES string of the molecule is COc1cccc(N2C[C@@H](NC(=O)c3ccc4nc(C)cn4c3)CC2=O)c1. The van der Waals surface area contributed by atoms with Crippen molar-refractivity contribution in [3.05, 3.63) is 60.0 Å². The fraction of sp³-hybridized carbons (Fsp3) is 0.250. The number of nitrogens with zero attached hydrogens (tertiary/aromatic N) is 3. The number of hydrogen-bond acceptors (Lipinski definition) is 4. The van der Waals surface area contributed by atoms with Crippen LogP contribution in [0.1, 0.15) is 22.5 Å². The quantitative estimate of drug-likeness (QED) is 0.770. The van der Waals surface area contributed by atoms with Crippen LogP contribution in [0.3, 0.4) is 0 Å². The zero-order valence-electron chi connectivity index (χ0n) is 15.2. The van der Waals surface area contributed by atoms with Crippen LogP contribution in [0, 0.1) is 6.92 Å². The molecule has 1 atom stereocenters. The summed E-state index contributed by atoms with van der Waals surface area (Å²) in [6.45, 7) is 2.34. The first kappa shape index (κ1) is 17.1. The Labute approximate surface area is 156 Å². The van der Waals surface area contributed by atoms with Crippen LogP contribution in [0.4, 0.5) is 5.69 Å². The van der Waals surface area contributed by atoms with E-state index in [-0.39, 0.29) is 24.3 Å². The first-order chi connectivity index (χ1) is 13.0. The molecule has 3 heterocycles. The topological polar surface area (TPSA) is 75.9 Å². The molecule has 4 rings (SSSR count). The van der Waals surface area contributed by atoms with Gasteiger partial charge in [0, 0.05) is 37.1 Å². The lowest BCUT2D eigenvalue weighted by Crippen LogP contribution is -2.37. The maximum Gasteiger partial charge on any atom is 0.253 e. The number of methoxy groups -OCH3 is 1. The molecule has 3 aromatic rings. The van der Waals surface area contributed by atoms with E-state index in [2.05, 4.69) is 10.3 Å². The molecule has 27 heavy (non-hydrogen) atoms. The van der Waals surface area contributed by atoms with Crippen molar-refractivity contribution in [2.24, 2.45) is 0 Å². The van der Waals surface area contributed by atoms with Gasteiger partial charge in [0.05, 0.1) is 24.4 Å². The number of carbonyl (C=O) groups excluding carboxylic acids is 2. The summed E-state index contributed by atoms with van der Waals surface area (Å²) in [7, 11) is 1.59. The maximum absolute atomic E-state index is 12.6. The molecule has 1 aliphatic heterocycles. The van der Waals surface area contributed by atoms with Gasteiger partial charge in [-0.25, -0.2) is 4.98 Å². The summed E-state index contributed by atoms with van der Waals surface area (Å²) < 4.78 is 7.05. The first-order valence-corrected chi connectivity index (χ1v) is 8.74. The van der Waals surface area contributed by atoms with Gasteiger partial charge in [0.25, 0.3) is 5.91 Å². The Hall–Kier alpha value is -3.35. The number of pyridine rings is 1. The number of imidazole rings is 1. The van der Waals surface area contributed by atoms with Crippen LogP contribution in [0.25, 0.3) is 5.65 Å². The molecule has 1 aromatic carbocycles. The van der Waals surface area contributed by atoms with Crippen LogP contribution in [-0.4, -0.2) is 40.9 Å². The van der Waals surface area contributed by atoms with Gasteiger partial charge in [0.15, 0.2) is 0 Å². The van der Waals surface area contributed by atoms with Crippen LogP contribution in [0.15, 0.2) is 48.8 Å². The highest BCUT2D eigenvalue weighted by molar-refractivity contribution is 5.99. The molecule has 1 saturated heterocycles. The fourth-order valence-electron chi connectivity index (χ4n) is 3.35. The molecule has 0 unspecified atom stereocenters. The molecule has 1 aliphatic rings. The summed E-state index contributed by atoms with van der Waals surface area (Å²) in [5.41, 5.74) is 2.99. The second kappa shape index (κ2) is 6.75. The number of carbonyl (C=O) groups is 2. The van der Waals surface area contributed by atoms with Crippen molar-refractivity contribution in [1.82, 2.24) is 14.7 Å². The lowest BCUT2D eigenvalue weighted by Gasteiger charge is -2.18. The van der Waals surface area contributed by atoms with Gasteiger partial charge in [-0.2, -0.15) is 0 Å². The zero-order chi connectivity index (χ0) is 19.0. The first-order valence-electron chi connectivity index (χ1n) is 8.74. The molecule has 7 heteroatoms. The summed E-state index contributed by atoms with van der Waals surface area (Å²) in [6, 6.07) is 10.7. The molecule has 0 bridgehead atoms. The van der Waals surface area contributed by atoms with E-state index in [9.17, 15) is 9.59 Å². The largest absolute Gasteiger partial charge is 0.497 e. The molecule has 1 fully saturated rings. The highest BCUT2D eigenvalue weighted by Crippen LogP contribution is 2.25. The van der Waals surface area contributed by atoms with Crippen LogP contribution in [0.5, 0.6) is 5.75 Å². The van der Waals surface area contributed by atoms with Crippen molar-refractivity contribution in [1.29, 1.82) is 0 Å². The zero-order valence-corrected chi connectivity index (χ0v) is 15.2. The van der Waals surface area contributed by atoms with E-state index in [1.54, 1.807) is 24.3 Å². The van der Waals surface area contributed by atoms with E-state index < -0.39 is 0 Å². The number of nitrogens with one attached hydrogen (secondary N) is 1. The van der Waals surface area contributed by atoms with Gasteiger partial charge in [0.2, 0.25) is 5.91 Å². The summed E-state index contributed by atoms with van der Waals surface area (Å²) in [4.78, 5) is 31.0. The van der Waals surface area contributed by atoms with Gasteiger partial charge in [-0.15, -0.1) is 0 Å². The monoisotopic (exact) mass is 364 g/mol. The number of ether oxygens (including phenoxy) is 1. The van der Waals surface area contributed by atoms with Gasteiger partial charge in [-0.05, 0) is 31.2 Å². The Morgan fingerprint density at radius 3 is 2.93 bits per heavy atom. The van der Waals surface area contributed by atoms with Crippen molar-refractivity contribution in [3.8, 4) is 5.75 Å². The van der Waals surface area contributed by atoms with Crippen LogP contribution >= 0.6 is 0 Å². The fourth-order valence-corrected chi connectivity index (χ4v) is 3.35. The van der Waals surface area contributed by atoms with Gasteiger partial charge >= 0.3 is 0 Å². The number of aromatic nitrogens is 2. The molecule has 0 radical (unpaired) electrons. The Morgan fingerprint density at radius 1 is 1.26 bits per heavy atom. The number of aryl methyl sites for hydroxylation is 1. The van der Waals surface area contributed by atoms with Gasteiger partial charge in [-0.1, -0.05) is 6.07 Å². The predicted molar refractivity (Wildman–Crippen MR) is 101 cm³/mol. The van der Waals surface area contributed by atoms with Crippen molar-refractivity contribution in [2.75, 3.05) is 18.6 Å². The standard InChI is InChI=1S/C20H20N4O3/c1-13-10-23-11-14(6-7-18(23)21-13)20(26)22-15-8-19(25)24(12-15)16-4-3-5-17(9-16)27-2/h3-7,9-11,15H,8,12H2,1-2H3,(H,22,26)/t15-/m0/s1. The summed E-state index contributed by atoms with van der Waals surface area (Å²) in [5.74, 6) is 0.472. The number of benzene rings is 1. The summed E-state index contributed by atoms with van der Waals surface area (Å²) in [6.07, 6.45) is 3.90. The third kappa shape index (κ3) is 3.36. The molecule has 2 amide bonds. The Morgan fingerprint density at radius 2 is 2.11 bits per heavy atom. The van der Waals surface area contributed by atoms with Crippen molar-refractivity contribution < 1.29 is 14.3 Å². The highest BCUT2D eigenvalue weighted by atomic mass is 16.5. The van der Waals surface area contributed by atoms with Crippen molar-refractivity contribution >= 4 is 23.1 Å². The van der Waals surface area contributed by atoms with Crippen molar-refractivity contribution in [3.63, 3.8) is 0 Å². The maximum atomic E-state index is 12.6. The van der Waals surface area contributed by atoms with Gasteiger partial charge in [0.1, 0.15) is 11.4 Å². The lowest BCUT2D eigenvalue weighted by molar-refractivity contribution is -0.117. The van der Waals surface area contributed by atoms with E-state index in [4.69, 9.17) is 4.74 Å². The molecular weight excluding hydrogens is 344 g/mol. The molecule has 2 aromatic heterocycles. The number of rotatable bonds is 4. The average Bonchev–Trinajstić information content (AvgIpc) is 3.22. The molecular formula is C20H20N4O3. The number of fused-ring (bicyclic) bond motifs is 1. The normalized spacial score (nSPS) is 16.7. The predicted octanol–water partition coefficient (Wildman–Crippen LogP) is 2.19. The third-order valence-electron chi connectivity index (χ3n) is 4.66. The third-order valence-corrected chi connectivity index (χ3v) is 4.66. The smallest absolute Gasteiger partial charge is 0.253 e. The van der Waals surface area contributed by atoms with Crippen LogP contribution < -0.4 is 15.0 Å². The van der Waals surface area contributed by atoms with E-state index in [1.807, 2.05) is 47.9 Å². The second-order valence-electron chi connectivity index (χ2n) is 6.65. The minimum absolute atomic E-state index is 0.0192. The molecule has 0 spiro atoms. The molecule has 1 N–H and O–H groups in total. The van der Waals surface area contributed by atoms with Crippen LogP contribution in [0.2, 0.25) is 0 Å².